The molecular formula is C19H18ClNO5. The molecule has 6 nitrogen and oxygen atoms in total. The molecule has 2 aromatic carbocycles. The van der Waals surface area contributed by atoms with Crippen LogP contribution in [0.5, 0.6) is 11.5 Å². The Morgan fingerprint density at radius 2 is 1.92 bits per heavy atom. The fraction of sp³-hybridized carbons (Fsp3) is 0.158. The first-order chi connectivity index (χ1) is 12.5. The Labute approximate surface area is 156 Å². The lowest BCUT2D eigenvalue weighted by Crippen LogP contribution is -2.20. The molecule has 0 aliphatic carbocycles. The van der Waals surface area contributed by atoms with Crippen LogP contribution >= 0.6 is 11.6 Å². The first-order valence-corrected chi connectivity index (χ1v) is 8.06. The standard InChI is InChI=1S/C19H18ClNO5/c1-24-16-11-14(10-15(20)18(16)26-12-17(21)22)19(23)25-9-5-8-13-6-3-2-4-7-13/h2-8,10-11H,9,12H2,1H3,(H2,21,22). The van der Waals surface area contributed by atoms with E-state index in [0.717, 1.165) is 5.56 Å². The number of hydrogen-bond acceptors (Lipinski definition) is 5. The molecule has 0 aliphatic rings. The Morgan fingerprint density at radius 3 is 2.58 bits per heavy atom. The van der Waals surface area contributed by atoms with E-state index >= 15 is 0 Å². The van der Waals surface area contributed by atoms with Crippen LogP contribution in [-0.4, -0.2) is 32.2 Å². The number of methoxy groups -OCH3 is 1. The van der Waals surface area contributed by atoms with E-state index in [9.17, 15) is 9.59 Å². The molecule has 0 fully saturated rings. The number of halogens is 1. The summed E-state index contributed by atoms with van der Waals surface area (Å²) in [4.78, 5) is 23.0. The maximum absolute atomic E-state index is 12.2. The van der Waals surface area contributed by atoms with Crippen LogP contribution in [-0.2, 0) is 9.53 Å². The van der Waals surface area contributed by atoms with Crippen molar-refractivity contribution < 1.29 is 23.8 Å². The van der Waals surface area contributed by atoms with Gasteiger partial charge in [0, 0.05) is 0 Å². The number of rotatable bonds is 8. The van der Waals surface area contributed by atoms with Crippen LogP contribution in [0.25, 0.3) is 6.08 Å². The Morgan fingerprint density at radius 1 is 1.19 bits per heavy atom. The van der Waals surface area contributed by atoms with Gasteiger partial charge < -0.3 is 19.9 Å². The van der Waals surface area contributed by atoms with Crippen molar-refractivity contribution in [1.82, 2.24) is 0 Å². The average Bonchev–Trinajstić information content (AvgIpc) is 2.64. The molecule has 0 saturated heterocycles. The van der Waals surface area contributed by atoms with E-state index in [-0.39, 0.29) is 35.3 Å². The van der Waals surface area contributed by atoms with Gasteiger partial charge in [-0.05, 0) is 23.8 Å². The number of ether oxygens (including phenoxy) is 3. The van der Waals surface area contributed by atoms with Gasteiger partial charge in [-0.3, -0.25) is 4.79 Å². The van der Waals surface area contributed by atoms with Gasteiger partial charge in [-0.1, -0.05) is 48.0 Å². The second-order valence-corrected chi connectivity index (χ2v) is 5.56. The topological polar surface area (TPSA) is 87.8 Å². The number of primary amides is 1. The molecule has 0 radical (unpaired) electrons. The largest absolute Gasteiger partial charge is 0.493 e. The number of carbonyl (C=O) groups excluding carboxylic acids is 2. The highest BCUT2D eigenvalue weighted by Gasteiger charge is 2.17. The number of carbonyl (C=O) groups is 2. The van der Waals surface area contributed by atoms with Crippen LogP contribution in [0.2, 0.25) is 5.02 Å². The molecule has 0 bridgehead atoms. The smallest absolute Gasteiger partial charge is 0.338 e. The molecule has 2 aromatic rings. The number of esters is 1. The first-order valence-electron chi connectivity index (χ1n) is 7.68. The second-order valence-electron chi connectivity index (χ2n) is 5.16. The van der Waals surface area contributed by atoms with Crippen molar-refractivity contribution in [2.24, 2.45) is 5.73 Å². The van der Waals surface area contributed by atoms with Crippen molar-refractivity contribution in [3.8, 4) is 11.5 Å². The van der Waals surface area contributed by atoms with Crippen LogP contribution in [0.15, 0.2) is 48.5 Å². The van der Waals surface area contributed by atoms with Gasteiger partial charge in [0.25, 0.3) is 5.91 Å². The van der Waals surface area contributed by atoms with Gasteiger partial charge in [-0.15, -0.1) is 0 Å². The summed E-state index contributed by atoms with van der Waals surface area (Å²) in [5.41, 5.74) is 6.25. The summed E-state index contributed by atoms with van der Waals surface area (Å²) in [6.07, 6.45) is 3.58. The molecule has 0 aliphatic heterocycles. The molecule has 0 atom stereocenters. The number of benzene rings is 2. The molecule has 0 aromatic heterocycles. The highest BCUT2D eigenvalue weighted by Crippen LogP contribution is 2.36. The van der Waals surface area contributed by atoms with Crippen molar-refractivity contribution in [1.29, 1.82) is 0 Å². The third-order valence-corrected chi connectivity index (χ3v) is 3.53. The van der Waals surface area contributed by atoms with Crippen molar-refractivity contribution in [3.63, 3.8) is 0 Å². The molecule has 0 unspecified atom stereocenters. The van der Waals surface area contributed by atoms with E-state index < -0.39 is 11.9 Å². The van der Waals surface area contributed by atoms with Gasteiger partial charge in [0.05, 0.1) is 17.7 Å². The lowest BCUT2D eigenvalue weighted by molar-refractivity contribution is -0.119. The Kier molecular flexibility index (Phi) is 7.05. The van der Waals surface area contributed by atoms with Gasteiger partial charge >= 0.3 is 5.97 Å². The first kappa shape index (κ1) is 19.3. The van der Waals surface area contributed by atoms with E-state index in [1.165, 1.54) is 19.2 Å². The summed E-state index contributed by atoms with van der Waals surface area (Å²) in [6, 6.07) is 12.4. The van der Waals surface area contributed by atoms with E-state index in [1.807, 2.05) is 36.4 Å². The Balaban J connectivity index is 2.03. The zero-order valence-electron chi connectivity index (χ0n) is 14.1. The van der Waals surface area contributed by atoms with Crippen molar-refractivity contribution in [2.45, 2.75) is 0 Å². The molecule has 136 valence electrons. The van der Waals surface area contributed by atoms with Gasteiger partial charge in [-0.25, -0.2) is 4.79 Å². The van der Waals surface area contributed by atoms with Crippen LogP contribution in [0, 0.1) is 0 Å². The average molecular weight is 376 g/mol. The van der Waals surface area contributed by atoms with Crippen LogP contribution in [0.1, 0.15) is 15.9 Å². The summed E-state index contributed by atoms with van der Waals surface area (Å²) >= 11 is 6.10. The summed E-state index contributed by atoms with van der Waals surface area (Å²) in [5.74, 6) is -0.889. The summed E-state index contributed by atoms with van der Waals surface area (Å²) < 4.78 is 15.5. The SMILES string of the molecule is COc1cc(C(=O)OCC=Cc2ccccc2)cc(Cl)c1OCC(N)=O. The molecular weight excluding hydrogens is 358 g/mol. The Bertz CT molecular complexity index is 805. The maximum atomic E-state index is 12.2. The van der Waals surface area contributed by atoms with Gasteiger partial charge in [0.15, 0.2) is 18.1 Å². The van der Waals surface area contributed by atoms with Crippen molar-refractivity contribution in [3.05, 3.63) is 64.7 Å². The van der Waals surface area contributed by atoms with Crippen LogP contribution in [0.4, 0.5) is 0 Å². The summed E-state index contributed by atoms with van der Waals surface area (Å²) in [6.45, 7) is -0.252. The molecule has 2 N–H and O–H groups in total. The Hall–Kier alpha value is -2.99. The lowest BCUT2D eigenvalue weighted by Gasteiger charge is -2.12. The highest BCUT2D eigenvalue weighted by atomic mass is 35.5. The molecule has 26 heavy (non-hydrogen) atoms. The van der Waals surface area contributed by atoms with Gasteiger partial charge in [0.2, 0.25) is 0 Å². The molecule has 2 rings (SSSR count). The van der Waals surface area contributed by atoms with E-state index in [2.05, 4.69) is 0 Å². The third-order valence-electron chi connectivity index (χ3n) is 3.24. The van der Waals surface area contributed by atoms with E-state index in [4.69, 9.17) is 31.5 Å². The molecule has 0 heterocycles. The minimum absolute atomic E-state index is 0.105. The van der Waals surface area contributed by atoms with Crippen LogP contribution < -0.4 is 15.2 Å². The predicted molar refractivity (Wildman–Crippen MR) is 98.5 cm³/mol. The molecule has 7 heteroatoms. The summed E-state index contributed by atoms with van der Waals surface area (Å²) in [7, 11) is 1.39. The number of amides is 1. The fourth-order valence-corrected chi connectivity index (χ4v) is 2.34. The van der Waals surface area contributed by atoms with E-state index in [1.54, 1.807) is 6.08 Å². The molecule has 0 saturated carbocycles. The maximum Gasteiger partial charge on any atom is 0.338 e. The molecule has 1 amide bonds. The number of hydrogen-bond donors (Lipinski definition) is 1. The van der Waals surface area contributed by atoms with E-state index in [0.29, 0.717) is 0 Å². The fourth-order valence-electron chi connectivity index (χ4n) is 2.08. The quantitative estimate of drug-likeness (QED) is 0.716. The normalized spacial score (nSPS) is 10.5. The van der Waals surface area contributed by atoms with Crippen molar-refractivity contribution in [2.75, 3.05) is 20.3 Å². The van der Waals surface area contributed by atoms with Gasteiger partial charge in [-0.2, -0.15) is 0 Å². The highest BCUT2D eigenvalue weighted by molar-refractivity contribution is 6.32. The zero-order chi connectivity index (χ0) is 18.9. The lowest BCUT2D eigenvalue weighted by atomic mass is 10.2. The second kappa shape index (κ2) is 9.48. The third kappa shape index (κ3) is 5.53. The monoisotopic (exact) mass is 375 g/mol. The summed E-state index contributed by atoms with van der Waals surface area (Å²) in [5, 5.41) is 0.109. The van der Waals surface area contributed by atoms with Crippen LogP contribution in [0.3, 0.4) is 0 Å². The zero-order valence-corrected chi connectivity index (χ0v) is 14.9. The predicted octanol–water partition coefficient (Wildman–Crippen LogP) is 3.08. The minimum atomic E-state index is -0.656. The van der Waals surface area contributed by atoms with Crippen molar-refractivity contribution >= 4 is 29.6 Å². The molecule has 0 spiro atoms. The minimum Gasteiger partial charge on any atom is -0.493 e. The van der Waals surface area contributed by atoms with Gasteiger partial charge in [0.1, 0.15) is 6.61 Å². The number of nitrogens with two attached hydrogens (primary N) is 1.